The van der Waals surface area contributed by atoms with Crippen molar-refractivity contribution in [2.24, 2.45) is 4.99 Å². The van der Waals surface area contributed by atoms with Crippen molar-refractivity contribution in [3.05, 3.63) is 35.4 Å². The maximum atomic E-state index is 11.1. The molecule has 1 aromatic rings. The van der Waals surface area contributed by atoms with Crippen LogP contribution in [0.4, 0.5) is 4.79 Å². The zero-order valence-electron chi connectivity index (χ0n) is 10.3. The summed E-state index contributed by atoms with van der Waals surface area (Å²) in [5, 5.41) is 0. The van der Waals surface area contributed by atoms with Gasteiger partial charge in [0.15, 0.2) is 0 Å². The molecule has 0 heterocycles. The molecule has 5 nitrogen and oxygen atoms in total. The molecule has 0 saturated heterocycles. The number of amides is 2. The van der Waals surface area contributed by atoms with Gasteiger partial charge in [-0.3, -0.25) is 4.84 Å². The van der Waals surface area contributed by atoms with E-state index in [0.717, 1.165) is 5.56 Å². The van der Waals surface area contributed by atoms with Crippen molar-refractivity contribution in [3.63, 3.8) is 0 Å². The highest BCUT2D eigenvalue weighted by atomic mass is 16.7. The minimum absolute atomic E-state index is 0.323. The first kappa shape index (κ1) is 13.2. The molecular weight excluding hydrogens is 218 g/mol. The molecule has 0 bridgehead atoms. The van der Waals surface area contributed by atoms with Crippen molar-refractivity contribution in [3.8, 4) is 0 Å². The van der Waals surface area contributed by atoms with Gasteiger partial charge in [0, 0.05) is 14.1 Å². The molecule has 5 heteroatoms. The van der Waals surface area contributed by atoms with E-state index in [1.165, 1.54) is 11.9 Å². The van der Waals surface area contributed by atoms with Gasteiger partial charge in [0.05, 0.1) is 12.9 Å². The zero-order chi connectivity index (χ0) is 12.7. The molecule has 92 valence electrons. The predicted molar refractivity (Wildman–Crippen MR) is 66.7 cm³/mol. The average Bonchev–Trinajstić information content (AvgIpc) is 2.29. The van der Waals surface area contributed by atoms with Gasteiger partial charge in [0.2, 0.25) is 0 Å². The van der Waals surface area contributed by atoms with Gasteiger partial charge >= 0.3 is 6.03 Å². The van der Waals surface area contributed by atoms with Crippen LogP contribution in [0, 0.1) is 6.92 Å². The molecule has 0 aliphatic heterocycles. The molecule has 0 atom stereocenters. The molecule has 0 aliphatic rings. The minimum Gasteiger partial charge on any atom is -0.369 e. The number of carbonyl (C=O) groups excluding carboxylic acids is 1. The van der Waals surface area contributed by atoms with E-state index in [4.69, 9.17) is 4.84 Å². The first-order valence-electron chi connectivity index (χ1n) is 5.26. The second-order valence-electron chi connectivity index (χ2n) is 3.89. The van der Waals surface area contributed by atoms with Crippen LogP contribution in [0.2, 0.25) is 0 Å². The number of rotatable bonds is 4. The summed E-state index contributed by atoms with van der Waals surface area (Å²) in [6.07, 6.45) is 1.41. The number of carbonyl (C=O) groups is 1. The van der Waals surface area contributed by atoms with Gasteiger partial charge < -0.3 is 4.90 Å². The Balaban J connectivity index is 2.28. The van der Waals surface area contributed by atoms with Crippen LogP contribution in [-0.2, 0) is 11.4 Å². The summed E-state index contributed by atoms with van der Waals surface area (Å²) in [7, 11) is 3.56. The maximum Gasteiger partial charge on any atom is 0.366 e. The fourth-order valence-corrected chi connectivity index (χ4v) is 1.06. The fraction of sp³-hybridized carbons (Fsp3) is 0.333. The second kappa shape index (κ2) is 6.65. The van der Waals surface area contributed by atoms with Crippen LogP contribution < -0.4 is 5.48 Å². The van der Waals surface area contributed by atoms with E-state index in [1.807, 2.05) is 31.2 Å². The predicted octanol–water partition coefficient (Wildman–Crippen LogP) is 1.73. The van der Waals surface area contributed by atoms with E-state index in [0.29, 0.717) is 6.61 Å². The third-order valence-electron chi connectivity index (χ3n) is 1.92. The van der Waals surface area contributed by atoms with Gasteiger partial charge in [0.1, 0.15) is 0 Å². The standard InChI is InChI=1S/C12H17N3O2/c1-10-4-6-11(7-5-10)8-17-14-12(16)13-9-15(2)3/h4-7,9H,8H2,1-3H3,(H,14,16). The highest BCUT2D eigenvalue weighted by Gasteiger charge is 1.97. The van der Waals surface area contributed by atoms with E-state index in [-0.39, 0.29) is 0 Å². The molecule has 17 heavy (non-hydrogen) atoms. The van der Waals surface area contributed by atoms with Gasteiger partial charge in [-0.05, 0) is 12.5 Å². The number of nitrogens with one attached hydrogen (secondary N) is 1. The number of nitrogens with zero attached hydrogens (tertiary/aromatic N) is 2. The molecule has 0 fully saturated rings. The zero-order valence-corrected chi connectivity index (χ0v) is 10.3. The molecule has 0 unspecified atom stereocenters. The lowest BCUT2D eigenvalue weighted by Crippen LogP contribution is -2.21. The first-order chi connectivity index (χ1) is 8.08. The monoisotopic (exact) mass is 235 g/mol. The summed E-state index contributed by atoms with van der Waals surface area (Å²) in [6.45, 7) is 2.34. The number of urea groups is 1. The molecule has 1 rings (SSSR count). The fourth-order valence-electron chi connectivity index (χ4n) is 1.06. The molecular formula is C12H17N3O2. The summed E-state index contributed by atoms with van der Waals surface area (Å²) in [6, 6.07) is 7.36. The van der Waals surface area contributed by atoms with Crippen LogP contribution in [0.5, 0.6) is 0 Å². The molecule has 0 radical (unpaired) electrons. The van der Waals surface area contributed by atoms with Crippen LogP contribution in [0.1, 0.15) is 11.1 Å². The Morgan fingerprint density at radius 2 is 2.06 bits per heavy atom. The summed E-state index contributed by atoms with van der Waals surface area (Å²) in [5.41, 5.74) is 4.42. The Bertz CT molecular complexity index is 385. The normalized spacial score (nSPS) is 10.5. The highest BCUT2D eigenvalue weighted by Crippen LogP contribution is 2.03. The van der Waals surface area contributed by atoms with Gasteiger partial charge in [-0.2, -0.15) is 4.99 Å². The molecule has 0 saturated carbocycles. The van der Waals surface area contributed by atoms with E-state index in [9.17, 15) is 4.79 Å². The molecule has 2 amide bonds. The minimum atomic E-state index is -0.522. The van der Waals surface area contributed by atoms with Crippen LogP contribution in [0.25, 0.3) is 0 Å². The van der Waals surface area contributed by atoms with Gasteiger partial charge in [-0.15, -0.1) is 0 Å². The Morgan fingerprint density at radius 1 is 1.41 bits per heavy atom. The van der Waals surface area contributed by atoms with Crippen LogP contribution in [0.3, 0.4) is 0 Å². The third-order valence-corrected chi connectivity index (χ3v) is 1.92. The highest BCUT2D eigenvalue weighted by molar-refractivity contribution is 5.81. The van der Waals surface area contributed by atoms with Crippen LogP contribution in [0.15, 0.2) is 29.3 Å². The van der Waals surface area contributed by atoms with Crippen molar-refractivity contribution >= 4 is 12.4 Å². The lowest BCUT2D eigenvalue weighted by atomic mass is 10.2. The van der Waals surface area contributed by atoms with E-state index in [2.05, 4.69) is 10.5 Å². The summed E-state index contributed by atoms with van der Waals surface area (Å²) < 4.78 is 0. The van der Waals surface area contributed by atoms with Crippen molar-refractivity contribution in [1.82, 2.24) is 10.4 Å². The SMILES string of the molecule is Cc1ccc(CONC(=O)N=CN(C)C)cc1. The Hall–Kier alpha value is -1.88. The molecule has 1 N–H and O–H groups in total. The number of aliphatic imine (C=N–C) groups is 1. The summed E-state index contributed by atoms with van der Waals surface area (Å²) >= 11 is 0. The van der Waals surface area contributed by atoms with Crippen molar-refractivity contribution in [2.75, 3.05) is 14.1 Å². The quantitative estimate of drug-likeness (QED) is 0.491. The number of hydrogen-bond donors (Lipinski definition) is 1. The Labute approximate surface area is 101 Å². The third kappa shape index (κ3) is 5.67. The number of benzene rings is 1. The number of hydrogen-bond acceptors (Lipinski definition) is 2. The number of aryl methyl sites for hydroxylation is 1. The summed E-state index contributed by atoms with van der Waals surface area (Å²) in [5.74, 6) is 0. The average molecular weight is 235 g/mol. The van der Waals surface area contributed by atoms with Crippen molar-refractivity contribution in [2.45, 2.75) is 13.5 Å². The van der Waals surface area contributed by atoms with E-state index >= 15 is 0 Å². The molecule has 0 aromatic heterocycles. The van der Waals surface area contributed by atoms with Crippen molar-refractivity contribution in [1.29, 1.82) is 0 Å². The van der Waals surface area contributed by atoms with Gasteiger partial charge in [0.25, 0.3) is 0 Å². The topological polar surface area (TPSA) is 53.9 Å². The van der Waals surface area contributed by atoms with E-state index < -0.39 is 6.03 Å². The largest absolute Gasteiger partial charge is 0.369 e. The molecule has 1 aromatic carbocycles. The lowest BCUT2D eigenvalue weighted by Gasteiger charge is -2.05. The summed E-state index contributed by atoms with van der Waals surface area (Å²) in [4.78, 5) is 21.4. The first-order valence-corrected chi connectivity index (χ1v) is 5.26. The smallest absolute Gasteiger partial charge is 0.366 e. The maximum absolute atomic E-state index is 11.1. The van der Waals surface area contributed by atoms with Gasteiger partial charge in [-0.25, -0.2) is 10.3 Å². The Morgan fingerprint density at radius 3 is 2.65 bits per heavy atom. The Kier molecular flexibility index (Phi) is 5.16. The van der Waals surface area contributed by atoms with Gasteiger partial charge in [-0.1, -0.05) is 29.8 Å². The molecule has 0 spiro atoms. The lowest BCUT2D eigenvalue weighted by molar-refractivity contribution is 0.0522. The van der Waals surface area contributed by atoms with Crippen LogP contribution in [-0.4, -0.2) is 31.4 Å². The second-order valence-corrected chi connectivity index (χ2v) is 3.89. The number of hydroxylamine groups is 1. The van der Waals surface area contributed by atoms with Crippen molar-refractivity contribution < 1.29 is 9.63 Å². The van der Waals surface area contributed by atoms with Crippen LogP contribution >= 0.6 is 0 Å². The molecule has 0 aliphatic carbocycles. The van der Waals surface area contributed by atoms with E-state index in [1.54, 1.807) is 19.0 Å².